The van der Waals surface area contributed by atoms with Gasteiger partial charge in [-0.2, -0.15) is 18.8 Å². The molecular formula is C43H54N3O2-3. The van der Waals surface area contributed by atoms with Crippen molar-refractivity contribution in [1.29, 1.82) is 0 Å². The molecule has 5 rings (SSSR count). The number of hydrogen-bond acceptors (Lipinski definition) is 3. The van der Waals surface area contributed by atoms with E-state index in [-0.39, 0.29) is 23.8 Å². The number of aliphatic imine (C=N–C) groups is 1. The third-order valence-corrected chi connectivity index (χ3v) is 10.2. The molecule has 2 aromatic rings. The molecule has 0 bridgehead atoms. The largest absolute Gasteiger partial charge is 0.481 e. The van der Waals surface area contributed by atoms with Crippen LogP contribution in [0.1, 0.15) is 95.8 Å². The second kappa shape index (κ2) is 14.6. The first kappa shape index (κ1) is 35.3. The van der Waals surface area contributed by atoms with E-state index in [1.807, 2.05) is 0 Å². The first-order valence-electron chi connectivity index (χ1n) is 17.7. The topological polar surface area (TPSA) is 55.9 Å². The van der Waals surface area contributed by atoms with Crippen LogP contribution in [0.15, 0.2) is 77.0 Å². The number of hydrogen-bond donors (Lipinski definition) is 1. The molecule has 3 aliphatic rings. The van der Waals surface area contributed by atoms with Gasteiger partial charge in [-0.3, -0.25) is 10.9 Å². The number of nitrogens with zero attached hydrogens (tertiary/aromatic N) is 3. The maximum absolute atomic E-state index is 11.5. The summed E-state index contributed by atoms with van der Waals surface area (Å²) in [7, 11) is 0. The number of carbonyl (C=O) groups is 1. The molecule has 256 valence electrons. The standard InChI is InChI=1S/C43H54N3O2/c1-9-11-26-45-36-20-16-30(3)28-34(36)42(5,6)38(45)22-18-32-14-13-15-33(41(32)44-25-24-40(47)48)19-23-39-43(7,8)35-29-31(4)17-21-37(35)46(39)27-12-10-2/h16-23,28-29H,1-3,9-15,24-27H2,4-8H3,(H,47,48)/q-3/b22-18+,33-19+,39-23-,44-41?. The monoisotopic (exact) mass is 644 g/mol. The minimum absolute atomic E-state index is 0.0152. The Labute approximate surface area is 289 Å². The van der Waals surface area contributed by atoms with Gasteiger partial charge in [-0.1, -0.05) is 102 Å². The van der Waals surface area contributed by atoms with E-state index in [9.17, 15) is 9.90 Å². The molecule has 0 unspecified atom stereocenters. The Morgan fingerprint density at radius 2 is 1.83 bits per heavy atom. The third-order valence-electron chi connectivity index (χ3n) is 10.2. The van der Waals surface area contributed by atoms with Crippen molar-refractivity contribution in [3.8, 4) is 0 Å². The van der Waals surface area contributed by atoms with Gasteiger partial charge >= 0.3 is 5.97 Å². The summed E-state index contributed by atoms with van der Waals surface area (Å²) in [6.45, 7) is 25.9. The van der Waals surface area contributed by atoms with Gasteiger partial charge in [-0.25, -0.2) is 6.08 Å². The summed E-state index contributed by atoms with van der Waals surface area (Å²) in [4.78, 5) is 19.0. The Bertz CT molecular complexity index is 1760. The molecule has 2 aromatic carbocycles. The van der Waals surface area contributed by atoms with E-state index < -0.39 is 5.97 Å². The van der Waals surface area contributed by atoms with Gasteiger partial charge in [0.1, 0.15) is 11.9 Å². The van der Waals surface area contributed by atoms with E-state index in [1.165, 1.54) is 51.0 Å². The molecule has 1 saturated carbocycles. The highest BCUT2D eigenvalue weighted by Crippen LogP contribution is 2.48. The Hall–Kier alpha value is -3.99. The molecule has 0 radical (unpaired) electrons. The molecule has 0 spiro atoms. The predicted molar refractivity (Wildman–Crippen MR) is 201 cm³/mol. The zero-order valence-electron chi connectivity index (χ0n) is 29.9. The van der Waals surface area contributed by atoms with E-state index >= 15 is 0 Å². The lowest BCUT2D eigenvalue weighted by Gasteiger charge is -2.37. The van der Waals surface area contributed by atoms with Gasteiger partial charge in [0.15, 0.2) is 0 Å². The number of benzene rings is 2. The molecular weight excluding hydrogens is 590 g/mol. The van der Waals surface area contributed by atoms with Crippen LogP contribution in [-0.2, 0) is 15.6 Å². The fourth-order valence-electron chi connectivity index (χ4n) is 7.60. The number of carboxylic acid groups (broad SMARTS) is 1. The van der Waals surface area contributed by atoms with E-state index in [0.29, 0.717) is 0 Å². The van der Waals surface area contributed by atoms with Crippen molar-refractivity contribution < 1.29 is 9.90 Å². The molecule has 0 saturated heterocycles. The summed E-state index contributed by atoms with van der Waals surface area (Å²) in [5.41, 5.74) is 8.28. The van der Waals surface area contributed by atoms with Crippen molar-refractivity contribution in [2.45, 2.75) is 96.8 Å². The Balaban J connectivity index is 1.52. The molecule has 0 amide bonds. The van der Waals surface area contributed by atoms with Crippen molar-refractivity contribution in [2.75, 3.05) is 24.5 Å². The van der Waals surface area contributed by atoms with Crippen LogP contribution >= 0.6 is 0 Å². The lowest BCUT2D eigenvalue weighted by Crippen LogP contribution is -2.33. The summed E-state index contributed by atoms with van der Waals surface area (Å²) in [5, 5.41) is 11.7. The smallest absolute Gasteiger partial charge is 0.305 e. The van der Waals surface area contributed by atoms with Crippen LogP contribution in [0.5, 0.6) is 0 Å². The number of anilines is 1. The lowest BCUT2D eigenvalue weighted by atomic mass is 9.77. The number of carboxylic acids is 1. The highest BCUT2D eigenvalue weighted by atomic mass is 16.4. The Morgan fingerprint density at radius 3 is 2.56 bits per heavy atom. The fraction of sp³-hybridized carbons (Fsp3) is 0.419. The van der Waals surface area contributed by atoms with Crippen molar-refractivity contribution in [3.05, 3.63) is 125 Å². The number of aryl methyl sites for hydroxylation is 1. The molecule has 1 N–H and O–H groups in total. The number of aliphatic carboxylic acids is 1. The van der Waals surface area contributed by atoms with Crippen LogP contribution in [0.3, 0.4) is 0 Å². The van der Waals surface area contributed by atoms with Crippen LogP contribution < -0.4 is 20.1 Å². The summed E-state index contributed by atoms with van der Waals surface area (Å²) in [5.74, 6) is 0.345. The van der Waals surface area contributed by atoms with Crippen LogP contribution in [-0.4, -0.2) is 36.4 Å². The van der Waals surface area contributed by atoms with Crippen LogP contribution in [0.2, 0.25) is 0 Å². The minimum atomic E-state index is -0.825. The summed E-state index contributed by atoms with van der Waals surface area (Å²) < 4.78 is 2.45. The van der Waals surface area contributed by atoms with Gasteiger partial charge in [0.25, 0.3) is 0 Å². The molecule has 48 heavy (non-hydrogen) atoms. The zero-order valence-corrected chi connectivity index (χ0v) is 29.9. The molecule has 1 fully saturated rings. The molecule has 5 heteroatoms. The third kappa shape index (κ3) is 7.06. The first-order chi connectivity index (χ1) is 22.9. The second-order valence-corrected chi connectivity index (χ2v) is 14.6. The van der Waals surface area contributed by atoms with Crippen molar-refractivity contribution in [1.82, 2.24) is 4.58 Å². The summed E-state index contributed by atoms with van der Waals surface area (Å²) >= 11 is 0. The van der Waals surface area contributed by atoms with Gasteiger partial charge in [0.05, 0.1) is 6.42 Å². The van der Waals surface area contributed by atoms with Gasteiger partial charge in [0, 0.05) is 41.3 Å². The van der Waals surface area contributed by atoms with Crippen molar-refractivity contribution >= 4 is 23.9 Å². The van der Waals surface area contributed by atoms with E-state index in [4.69, 9.17) is 4.99 Å². The number of rotatable bonds is 12. The van der Waals surface area contributed by atoms with E-state index in [2.05, 4.69) is 125 Å². The summed E-state index contributed by atoms with van der Waals surface area (Å²) in [6, 6.07) is 14.6. The molecule has 1 aliphatic carbocycles. The first-order valence-corrected chi connectivity index (χ1v) is 17.7. The molecule has 0 aromatic heterocycles. The predicted octanol–water partition coefficient (Wildman–Crippen LogP) is 7.79. The van der Waals surface area contributed by atoms with E-state index in [0.717, 1.165) is 69.0 Å². The SMILES string of the molecule is C=c1ccc2c(c1)C(C)(C)[C-](/C=C/[C-]1CCC/C(=C\C=C3/N(CCC[CH2-])c4ccc(C)cc4C3(C)C)C1=NCCC(=O)O)[N+]=2CCC[CH2-]. The molecule has 0 atom stereocenters. The van der Waals surface area contributed by atoms with E-state index in [1.54, 1.807) is 0 Å². The lowest BCUT2D eigenvalue weighted by molar-refractivity contribution is -0.136. The van der Waals surface area contributed by atoms with Gasteiger partial charge in [0.2, 0.25) is 0 Å². The Morgan fingerprint density at radius 1 is 1.06 bits per heavy atom. The van der Waals surface area contributed by atoms with Crippen LogP contribution in [0.25, 0.3) is 6.58 Å². The molecule has 2 heterocycles. The van der Waals surface area contributed by atoms with Gasteiger partial charge in [-0.05, 0) is 41.8 Å². The van der Waals surface area contributed by atoms with Gasteiger partial charge < -0.3 is 33.4 Å². The average molecular weight is 645 g/mol. The molecule has 2 aliphatic heterocycles. The number of allylic oxidation sites excluding steroid dienone is 5. The fourth-order valence-corrected chi connectivity index (χ4v) is 7.60. The van der Waals surface area contributed by atoms with Crippen LogP contribution in [0, 0.1) is 32.7 Å². The quantitative estimate of drug-likeness (QED) is 0.190. The number of fused-ring (bicyclic) bond motifs is 2. The normalized spacial score (nSPS) is 20.9. The Kier molecular flexibility index (Phi) is 10.8. The van der Waals surface area contributed by atoms with Gasteiger partial charge in [-0.15, -0.1) is 11.6 Å². The zero-order chi connectivity index (χ0) is 34.6. The van der Waals surface area contributed by atoms with Crippen LogP contribution in [0.4, 0.5) is 5.69 Å². The molecule has 5 nitrogen and oxygen atoms in total. The highest BCUT2D eigenvalue weighted by molar-refractivity contribution is 6.12. The highest BCUT2D eigenvalue weighted by Gasteiger charge is 2.40. The number of unbranched alkanes of at least 4 members (excludes halogenated alkanes) is 2. The van der Waals surface area contributed by atoms with Crippen molar-refractivity contribution in [2.24, 2.45) is 4.99 Å². The maximum Gasteiger partial charge on any atom is 0.305 e. The minimum Gasteiger partial charge on any atom is -0.481 e. The summed E-state index contributed by atoms with van der Waals surface area (Å²) in [6.07, 6.45) is 15.8. The average Bonchev–Trinajstić information content (AvgIpc) is 3.38. The second-order valence-electron chi connectivity index (χ2n) is 14.6. The maximum atomic E-state index is 11.5. The van der Waals surface area contributed by atoms with Crippen molar-refractivity contribution in [3.63, 3.8) is 0 Å².